The molecule has 0 radical (unpaired) electrons. The first kappa shape index (κ1) is 18.1. The summed E-state index contributed by atoms with van der Waals surface area (Å²) >= 11 is 1.39. The van der Waals surface area contributed by atoms with E-state index in [0.717, 1.165) is 23.2 Å². The van der Waals surface area contributed by atoms with Gasteiger partial charge in [0.2, 0.25) is 5.43 Å². The highest BCUT2D eigenvalue weighted by Gasteiger charge is 2.20. The largest absolute Gasteiger partial charge is 0.439 e. The van der Waals surface area contributed by atoms with Crippen LogP contribution >= 0.6 is 11.3 Å². The quantitative estimate of drug-likeness (QED) is 0.662. The molecule has 2 aliphatic rings. The van der Waals surface area contributed by atoms with Gasteiger partial charge in [-0.25, -0.2) is 0 Å². The van der Waals surface area contributed by atoms with Crippen LogP contribution in [0.4, 0.5) is 11.6 Å². The molecule has 6 nitrogen and oxygen atoms in total. The van der Waals surface area contributed by atoms with Gasteiger partial charge in [-0.3, -0.25) is 9.59 Å². The van der Waals surface area contributed by atoms with Crippen LogP contribution in [0, 0.1) is 0 Å². The van der Waals surface area contributed by atoms with Crippen LogP contribution in [0.2, 0.25) is 0 Å². The number of ether oxygens (including phenoxy) is 1. The molecule has 0 N–H and O–H groups in total. The molecular weight excluding hydrogens is 388 g/mol. The van der Waals surface area contributed by atoms with Crippen molar-refractivity contribution in [2.75, 3.05) is 42.6 Å². The van der Waals surface area contributed by atoms with Gasteiger partial charge in [0.1, 0.15) is 4.70 Å². The van der Waals surface area contributed by atoms with Gasteiger partial charge in [-0.05, 0) is 30.2 Å². The van der Waals surface area contributed by atoms with Gasteiger partial charge in [0.15, 0.2) is 11.5 Å². The predicted molar refractivity (Wildman–Crippen MR) is 115 cm³/mol. The average Bonchev–Trinajstić information content (AvgIpc) is 3.19. The van der Waals surface area contributed by atoms with E-state index in [9.17, 15) is 9.59 Å². The Kier molecular flexibility index (Phi) is 4.69. The number of benzene rings is 1. The van der Waals surface area contributed by atoms with Crippen LogP contribution in [0.3, 0.4) is 0 Å². The molecule has 29 heavy (non-hydrogen) atoms. The average molecular weight is 408 g/mol. The Balaban J connectivity index is 1.57. The summed E-state index contributed by atoms with van der Waals surface area (Å²) in [5, 5.41) is 1.95. The lowest BCUT2D eigenvalue weighted by Crippen LogP contribution is -2.36. The number of fused-ring (bicyclic) bond motifs is 1. The summed E-state index contributed by atoms with van der Waals surface area (Å²) in [7, 11) is 0. The van der Waals surface area contributed by atoms with Crippen molar-refractivity contribution in [3.8, 4) is 11.1 Å². The molecule has 3 aromatic rings. The van der Waals surface area contributed by atoms with Crippen LogP contribution in [0.25, 0.3) is 21.4 Å². The first-order valence-electron chi connectivity index (χ1n) is 9.67. The second kappa shape index (κ2) is 7.50. The second-order valence-electron chi connectivity index (χ2n) is 7.09. The number of carbonyl (C=O) groups excluding carboxylic acids is 1. The van der Waals surface area contributed by atoms with Crippen molar-refractivity contribution in [2.45, 2.75) is 6.42 Å². The van der Waals surface area contributed by atoms with E-state index in [4.69, 9.17) is 9.15 Å². The highest BCUT2D eigenvalue weighted by molar-refractivity contribution is 7.17. The maximum absolute atomic E-state index is 12.7. The molecule has 0 unspecified atom stereocenters. The maximum atomic E-state index is 12.7. The van der Waals surface area contributed by atoms with Crippen molar-refractivity contribution in [1.82, 2.24) is 0 Å². The molecule has 2 aliphatic heterocycles. The van der Waals surface area contributed by atoms with Gasteiger partial charge in [0, 0.05) is 42.3 Å². The smallest absolute Gasteiger partial charge is 0.250 e. The number of carbonyl (C=O) groups is 1. The summed E-state index contributed by atoms with van der Waals surface area (Å²) in [4.78, 5) is 28.7. The lowest BCUT2D eigenvalue weighted by atomic mass is 10.1. The Morgan fingerprint density at radius 1 is 1.03 bits per heavy atom. The van der Waals surface area contributed by atoms with E-state index in [-0.39, 0.29) is 11.3 Å². The van der Waals surface area contributed by atoms with Gasteiger partial charge in [-0.15, -0.1) is 11.3 Å². The number of morpholine rings is 1. The third kappa shape index (κ3) is 3.36. The first-order valence-corrected chi connectivity index (χ1v) is 10.6. The molecule has 1 fully saturated rings. The zero-order valence-corrected chi connectivity index (χ0v) is 16.6. The molecule has 0 spiro atoms. The monoisotopic (exact) mass is 408 g/mol. The fourth-order valence-electron chi connectivity index (χ4n) is 3.75. The minimum atomic E-state index is -0.0310. The Labute approximate surface area is 171 Å². The van der Waals surface area contributed by atoms with Gasteiger partial charge in [0.05, 0.1) is 13.2 Å². The maximum Gasteiger partial charge on any atom is 0.250 e. The summed E-state index contributed by atoms with van der Waals surface area (Å²) in [5.74, 6) is 0.572. The highest BCUT2D eigenvalue weighted by atomic mass is 32.1. The number of anilines is 2. The molecule has 148 valence electrons. The number of nitrogens with zero attached hydrogens (tertiary/aromatic N) is 2. The van der Waals surface area contributed by atoms with E-state index in [1.54, 1.807) is 17.0 Å². The van der Waals surface area contributed by atoms with Gasteiger partial charge >= 0.3 is 0 Å². The Bertz CT molecular complexity index is 1160. The normalized spacial score (nSPS) is 17.3. The molecule has 1 amide bonds. The van der Waals surface area contributed by atoms with Crippen molar-refractivity contribution in [2.24, 2.45) is 0 Å². The van der Waals surface area contributed by atoms with Crippen LogP contribution in [-0.4, -0.2) is 38.8 Å². The van der Waals surface area contributed by atoms with E-state index in [1.807, 2.05) is 40.6 Å². The number of hydrogen-bond donors (Lipinski definition) is 0. The molecule has 0 saturated carbocycles. The first-order chi connectivity index (χ1) is 14.2. The highest BCUT2D eigenvalue weighted by Crippen LogP contribution is 2.36. The topological polar surface area (TPSA) is 63.0 Å². The van der Waals surface area contributed by atoms with E-state index in [0.29, 0.717) is 49.0 Å². The van der Waals surface area contributed by atoms with E-state index in [1.165, 1.54) is 11.3 Å². The van der Waals surface area contributed by atoms with Crippen LogP contribution in [0.5, 0.6) is 0 Å². The minimum absolute atomic E-state index is 0.00953. The summed E-state index contributed by atoms with van der Waals surface area (Å²) < 4.78 is 12.2. The summed E-state index contributed by atoms with van der Waals surface area (Å²) in [6, 6.07) is 9.41. The summed E-state index contributed by atoms with van der Waals surface area (Å²) in [5.41, 5.74) is 3.22. The molecule has 7 heteroatoms. The van der Waals surface area contributed by atoms with Crippen molar-refractivity contribution in [3.05, 3.63) is 58.1 Å². The Hall–Kier alpha value is -2.90. The Morgan fingerprint density at radius 2 is 1.90 bits per heavy atom. The molecule has 2 aromatic heterocycles. The van der Waals surface area contributed by atoms with Crippen molar-refractivity contribution < 1.29 is 13.9 Å². The predicted octanol–water partition coefficient (Wildman–Crippen LogP) is 3.65. The zero-order valence-electron chi connectivity index (χ0n) is 15.8. The molecular formula is C22H20N2O4S. The Morgan fingerprint density at radius 3 is 2.72 bits per heavy atom. The molecule has 1 aromatic carbocycles. The number of amides is 1. The number of rotatable bonds is 3. The molecule has 0 aliphatic carbocycles. The van der Waals surface area contributed by atoms with Gasteiger partial charge in [-0.1, -0.05) is 18.2 Å². The standard InChI is InChI=1S/C22H20N2O4S/c25-18-13-20(23-8-10-27-11-9-23)28-21-17(14-29-22(18)21)15-4-3-5-16(12-15)24-7-2-1-6-19(24)26/h1,3-6,12-14H,2,7-11H2. The van der Waals surface area contributed by atoms with Crippen molar-refractivity contribution in [3.63, 3.8) is 0 Å². The van der Waals surface area contributed by atoms with Crippen molar-refractivity contribution in [1.29, 1.82) is 0 Å². The number of thiophene rings is 1. The molecule has 4 heterocycles. The second-order valence-corrected chi connectivity index (χ2v) is 7.97. The van der Waals surface area contributed by atoms with Gasteiger partial charge in [0.25, 0.3) is 5.91 Å². The van der Waals surface area contributed by atoms with Gasteiger partial charge < -0.3 is 19.0 Å². The molecule has 0 atom stereocenters. The van der Waals surface area contributed by atoms with E-state index < -0.39 is 0 Å². The van der Waals surface area contributed by atoms with Crippen LogP contribution in [-0.2, 0) is 9.53 Å². The third-order valence-corrected chi connectivity index (χ3v) is 6.24. The van der Waals surface area contributed by atoms with Crippen LogP contribution in [0.15, 0.2) is 57.1 Å². The lowest BCUT2D eigenvalue weighted by molar-refractivity contribution is -0.114. The van der Waals surface area contributed by atoms with Crippen molar-refractivity contribution >= 4 is 39.1 Å². The van der Waals surface area contributed by atoms with Crippen LogP contribution in [0.1, 0.15) is 6.42 Å². The summed E-state index contributed by atoms with van der Waals surface area (Å²) in [6.45, 7) is 3.32. The minimum Gasteiger partial charge on any atom is -0.439 e. The van der Waals surface area contributed by atoms with E-state index >= 15 is 0 Å². The molecule has 1 saturated heterocycles. The van der Waals surface area contributed by atoms with Gasteiger partial charge in [-0.2, -0.15) is 0 Å². The summed E-state index contributed by atoms with van der Waals surface area (Å²) in [6.07, 6.45) is 4.36. The number of hydrogen-bond acceptors (Lipinski definition) is 6. The fraction of sp³-hybridized carbons (Fsp3) is 0.273. The zero-order chi connectivity index (χ0) is 19.8. The third-order valence-electron chi connectivity index (χ3n) is 5.27. The van der Waals surface area contributed by atoms with Crippen LogP contribution < -0.4 is 15.2 Å². The molecule has 0 bridgehead atoms. The SMILES string of the molecule is O=C1C=CCCN1c1cccc(-c2csc3c(=O)cc(N4CCOCC4)oc23)c1. The fourth-order valence-corrected chi connectivity index (χ4v) is 4.67. The lowest BCUT2D eigenvalue weighted by Gasteiger charge is -2.27. The van der Waals surface area contributed by atoms with E-state index in [2.05, 4.69) is 0 Å². The molecule has 5 rings (SSSR count).